The van der Waals surface area contributed by atoms with Gasteiger partial charge in [-0.05, 0) is 67.9 Å². The molecule has 0 spiro atoms. The number of rotatable bonds is 8. The average Bonchev–Trinajstić information content (AvgIpc) is 2.93. The molecule has 3 aliphatic rings. The number of benzene rings is 1. The molecule has 1 aromatic heterocycles. The molecule has 2 aliphatic heterocycles. The zero-order valence-corrected chi connectivity index (χ0v) is 21.9. The molecule has 2 aromatic rings. The first-order valence-electron chi connectivity index (χ1n) is 13.2. The minimum atomic E-state index is -3.61. The maximum absolute atomic E-state index is 13.7. The van der Waals surface area contributed by atoms with E-state index in [0.717, 1.165) is 37.1 Å². The van der Waals surface area contributed by atoms with Crippen molar-refractivity contribution in [1.29, 1.82) is 0 Å². The molecule has 3 fully saturated rings. The number of morpholine rings is 1. The van der Waals surface area contributed by atoms with E-state index in [1.54, 1.807) is 18.3 Å². The fourth-order valence-electron chi connectivity index (χ4n) is 5.66. The molecular weight excluding hydrogens is 497 g/mol. The third-order valence-corrected chi connectivity index (χ3v) is 9.41. The maximum atomic E-state index is 13.7. The Bertz CT molecular complexity index is 1110. The lowest BCUT2D eigenvalue weighted by molar-refractivity contribution is -0.00239. The first-order chi connectivity index (χ1) is 18.0. The second-order valence-electron chi connectivity index (χ2n) is 10.2. The number of anilines is 1. The quantitative estimate of drug-likeness (QED) is 0.557. The summed E-state index contributed by atoms with van der Waals surface area (Å²) in [5.74, 6) is 0.918. The van der Waals surface area contributed by atoms with E-state index in [1.165, 1.54) is 10.4 Å². The summed E-state index contributed by atoms with van der Waals surface area (Å²) in [6.07, 6.45) is 6.15. The van der Waals surface area contributed by atoms with E-state index in [1.807, 2.05) is 18.2 Å². The molecule has 1 aliphatic carbocycles. The first kappa shape index (κ1) is 26.4. The predicted octanol–water partition coefficient (Wildman–Crippen LogP) is 2.72. The van der Waals surface area contributed by atoms with Crippen molar-refractivity contribution in [2.75, 3.05) is 50.9 Å². The Kier molecular flexibility index (Phi) is 8.66. The van der Waals surface area contributed by atoms with Crippen molar-refractivity contribution in [3.63, 3.8) is 0 Å². The molecule has 1 saturated carbocycles. The second kappa shape index (κ2) is 12.1. The van der Waals surface area contributed by atoms with E-state index in [9.17, 15) is 12.8 Å². The Labute approximate surface area is 218 Å². The first-order valence-corrected chi connectivity index (χ1v) is 14.7. The molecule has 5 rings (SSSR count). The van der Waals surface area contributed by atoms with Gasteiger partial charge in [0.2, 0.25) is 0 Å². The summed E-state index contributed by atoms with van der Waals surface area (Å²) < 4.78 is 56.0. The zero-order chi connectivity index (χ0) is 25.7. The molecule has 11 heteroatoms. The molecule has 3 heterocycles. The number of halogens is 1. The van der Waals surface area contributed by atoms with Gasteiger partial charge in [0.25, 0.3) is 10.2 Å². The zero-order valence-electron chi connectivity index (χ0n) is 21.0. The summed E-state index contributed by atoms with van der Waals surface area (Å²) in [6.45, 7) is 3.33. The van der Waals surface area contributed by atoms with Gasteiger partial charge in [0.05, 0.1) is 25.9 Å². The number of piperidine rings is 1. The van der Waals surface area contributed by atoms with Crippen LogP contribution in [0.15, 0.2) is 42.6 Å². The third-order valence-electron chi connectivity index (χ3n) is 7.77. The second-order valence-corrected chi connectivity index (χ2v) is 11.9. The van der Waals surface area contributed by atoms with Gasteiger partial charge in [-0.3, -0.25) is 0 Å². The molecule has 1 N–H and O–H groups in total. The van der Waals surface area contributed by atoms with Gasteiger partial charge < -0.3 is 14.4 Å². The number of nitrogens with zero attached hydrogens (tertiary/aromatic N) is 4. The van der Waals surface area contributed by atoms with Crippen molar-refractivity contribution in [2.24, 2.45) is 5.92 Å². The average molecular weight is 534 g/mol. The summed E-state index contributed by atoms with van der Waals surface area (Å²) >= 11 is 0. The smallest absolute Gasteiger partial charge is 0.279 e. The van der Waals surface area contributed by atoms with E-state index < -0.39 is 10.2 Å². The van der Waals surface area contributed by atoms with Crippen LogP contribution in [0.1, 0.15) is 43.6 Å². The van der Waals surface area contributed by atoms with Crippen molar-refractivity contribution in [1.82, 2.24) is 19.2 Å². The number of aromatic nitrogens is 2. The SMILES string of the molecule is O=S(=O)(NC1CCN(c2cccnn2)CC1COC1CCC(c2cccc(F)c2)CC1)N1CCOCC1. The van der Waals surface area contributed by atoms with Crippen LogP contribution in [0.3, 0.4) is 0 Å². The Morgan fingerprint density at radius 2 is 1.86 bits per heavy atom. The van der Waals surface area contributed by atoms with Crippen molar-refractivity contribution >= 4 is 16.0 Å². The summed E-state index contributed by atoms with van der Waals surface area (Å²) in [7, 11) is -3.61. The number of ether oxygens (including phenoxy) is 2. The maximum Gasteiger partial charge on any atom is 0.279 e. The summed E-state index contributed by atoms with van der Waals surface area (Å²) in [5.41, 5.74) is 1.06. The van der Waals surface area contributed by atoms with Gasteiger partial charge in [0.15, 0.2) is 5.82 Å². The van der Waals surface area contributed by atoms with E-state index in [4.69, 9.17) is 9.47 Å². The van der Waals surface area contributed by atoms with Crippen LogP contribution >= 0.6 is 0 Å². The van der Waals surface area contributed by atoms with Gasteiger partial charge in [-0.25, -0.2) is 4.39 Å². The molecule has 202 valence electrons. The molecule has 0 amide bonds. The van der Waals surface area contributed by atoms with Gasteiger partial charge in [0.1, 0.15) is 5.82 Å². The van der Waals surface area contributed by atoms with Crippen LogP contribution in [0.4, 0.5) is 10.2 Å². The van der Waals surface area contributed by atoms with Crippen molar-refractivity contribution in [3.8, 4) is 0 Å². The molecule has 1 aromatic carbocycles. The van der Waals surface area contributed by atoms with Crippen molar-refractivity contribution in [3.05, 3.63) is 54.0 Å². The monoisotopic (exact) mass is 533 g/mol. The highest BCUT2D eigenvalue weighted by Crippen LogP contribution is 2.35. The summed E-state index contributed by atoms with van der Waals surface area (Å²) in [5, 5.41) is 8.26. The van der Waals surface area contributed by atoms with Gasteiger partial charge >= 0.3 is 0 Å². The predicted molar refractivity (Wildman–Crippen MR) is 138 cm³/mol. The van der Waals surface area contributed by atoms with E-state index >= 15 is 0 Å². The number of nitrogens with one attached hydrogen (secondary N) is 1. The topological polar surface area (TPSA) is 96.9 Å². The normalized spacial score (nSPS) is 27.8. The van der Waals surface area contributed by atoms with Crippen LogP contribution in [0.25, 0.3) is 0 Å². The standard InChI is InChI=1S/C26H36FN5O4S/c27-23-4-1-3-21(17-23)20-6-8-24(9-7-20)36-19-22-18-31(26-5-2-11-28-29-26)12-10-25(22)30-37(33,34)32-13-15-35-16-14-32/h1-5,11,17,20,22,24-25,30H,6-10,12-16,18-19H2. The van der Waals surface area contributed by atoms with Crippen LogP contribution in [-0.4, -0.2) is 81.1 Å². The molecule has 9 nitrogen and oxygen atoms in total. The van der Waals surface area contributed by atoms with Crippen molar-refractivity contribution < 1.29 is 22.3 Å². The highest BCUT2D eigenvalue weighted by molar-refractivity contribution is 7.87. The third kappa shape index (κ3) is 6.83. The lowest BCUT2D eigenvalue weighted by Crippen LogP contribution is -2.56. The molecular formula is C26H36FN5O4S. The highest BCUT2D eigenvalue weighted by Gasteiger charge is 2.36. The minimum absolute atomic E-state index is 0.0347. The fraction of sp³-hybridized carbons (Fsp3) is 0.615. The van der Waals surface area contributed by atoms with Crippen LogP contribution in [0.5, 0.6) is 0 Å². The molecule has 0 bridgehead atoms. The highest BCUT2D eigenvalue weighted by atomic mass is 32.2. The Morgan fingerprint density at radius 1 is 1.05 bits per heavy atom. The van der Waals surface area contributed by atoms with E-state index in [2.05, 4.69) is 19.8 Å². The number of hydrogen-bond acceptors (Lipinski definition) is 7. The van der Waals surface area contributed by atoms with Gasteiger partial charge in [-0.15, -0.1) is 5.10 Å². The van der Waals surface area contributed by atoms with Gasteiger partial charge in [-0.1, -0.05) is 12.1 Å². The van der Waals surface area contributed by atoms with E-state index in [0.29, 0.717) is 58.3 Å². The Balaban J connectivity index is 1.21. The number of hydrogen-bond donors (Lipinski definition) is 1. The summed E-state index contributed by atoms with van der Waals surface area (Å²) in [6, 6.07) is 10.5. The van der Waals surface area contributed by atoms with Crippen LogP contribution in [0, 0.1) is 11.7 Å². The van der Waals surface area contributed by atoms with Crippen LogP contribution in [0.2, 0.25) is 0 Å². The summed E-state index contributed by atoms with van der Waals surface area (Å²) in [4.78, 5) is 2.15. The molecule has 2 atom stereocenters. The van der Waals surface area contributed by atoms with Gasteiger partial charge in [0, 0.05) is 44.3 Å². The Hall–Kier alpha value is -2.18. The minimum Gasteiger partial charge on any atom is -0.379 e. The molecule has 2 saturated heterocycles. The van der Waals surface area contributed by atoms with Gasteiger partial charge in [-0.2, -0.15) is 22.5 Å². The van der Waals surface area contributed by atoms with Crippen LogP contribution in [-0.2, 0) is 19.7 Å². The molecule has 0 radical (unpaired) electrons. The molecule has 37 heavy (non-hydrogen) atoms. The largest absolute Gasteiger partial charge is 0.379 e. The Morgan fingerprint density at radius 3 is 2.59 bits per heavy atom. The van der Waals surface area contributed by atoms with Crippen LogP contribution < -0.4 is 9.62 Å². The molecule has 2 unspecified atom stereocenters. The fourth-order valence-corrected chi connectivity index (χ4v) is 7.13. The van der Waals surface area contributed by atoms with E-state index in [-0.39, 0.29) is 23.9 Å². The lowest BCUT2D eigenvalue weighted by atomic mass is 9.82. The lowest BCUT2D eigenvalue weighted by Gasteiger charge is -2.40. The van der Waals surface area contributed by atoms with Crippen molar-refractivity contribution in [2.45, 2.75) is 50.2 Å².